The fraction of sp³-hybridized carbons (Fsp3) is 0.333. The lowest BCUT2D eigenvalue weighted by Gasteiger charge is -2.06. The Morgan fingerprint density at radius 1 is 1.23 bits per heavy atom. The molecule has 0 bridgehead atoms. The minimum atomic E-state index is -4.36. The van der Waals surface area contributed by atoms with E-state index in [1.165, 1.54) is 23.5 Å². The third kappa shape index (κ3) is 5.66. The van der Waals surface area contributed by atoms with Crippen LogP contribution in [-0.4, -0.2) is 21.8 Å². The van der Waals surface area contributed by atoms with E-state index in [1.54, 1.807) is 11.8 Å². The number of furan rings is 1. The molecule has 1 N–H and O–H groups in total. The molecular weight excluding hydrogens is 435 g/mol. The number of carboxylic acid groups (broad SMARTS) is 1. The van der Waals surface area contributed by atoms with Crippen LogP contribution in [-0.2, 0) is 23.8 Å². The number of thioether (sulfide) groups is 1. The first kappa shape index (κ1) is 22.4. The predicted octanol–water partition coefficient (Wildman–Crippen LogP) is 6.39. The summed E-state index contributed by atoms with van der Waals surface area (Å²) >= 11 is 3.01. The maximum Gasteiger partial charge on any atom is 0.416 e. The molecule has 0 aliphatic heterocycles. The highest BCUT2D eigenvalue weighted by Gasteiger charge is 2.30. The molecule has 4 nitrogen and oxygen atoms in total. The Bertz CT molecular complexity index is 1020. The number of alkyl halides is 3. The van der Waals surface area contributed by atoms with E-state index < -0.39 is 17.7 Å². The van der Waals surface area contributed by atoms with Crippen LogP contribution in [0.2, 0.25) is 0 Å². The van der Waals surface area contributed by atoms with Crippen molar-refractivity contribution < 1.29 is 27.5 Å². The molecule has 3 aromatic rings. The zero-order chi connectivity index (χ0) is 21.9. The van der Waals surface area contributed by atoms with Gasteiger partial charge in [-0.15, -0.1) is 11.3 Å². The SMILES string of the molecule is Cc1nc(SCCCc2cc(-c3ccc(C(F)(F)F)cc3)oc2C)sc1CC(=O)O. The molecule has 0 atom stereocenters. The standard InChI is InChI=1S/C21H20F3NO3S2/c1-12-18(11-19(26)27)30-20(25-12)29-9-3-4-15-10-17(28-13(15)2)14-5-7-16(8-6-14)21(22,23)24/h5-8,10H,3-4,9,11H2,1-2H3,(H,26,27). The zero-order valence-electron chi connectivity index (χ0n) is 16.4. The highest BCUT2D eigenvalue weighted by molar-refractivity contribution is 8.01. The van der Waals surface area contributed by atoms with Crippen LogP contribution in [0.3, 0.4) is 0 Å². The summed E-state index contributed by atoms with van der Waals surface area (Å²) in [6, 6.07) is 6.82. The van der Waals surface area contributed by atoms with Gasteiger partial charge in [-0.05, 0) is 50.5 Å². The van der Waals surface area contributed by atoms with E-state index >= 15 is 0 Å². The van der Waals surface area contributed by atoms with Crippen molar-refractivity contribution in [3.05, 3.63) is 57.8 Å². The Labute approximate surface area is 180 Å². The molecule has 0 aliphatic carbocycles. The minimum Gasteiger partial charge on any atom is -0.481 e. The fourth-order valence-electron chi connectivity index (χ4n) is 2.92. The monoisotopic (exact) mass is 455 g/mol. The normalized spacial score (nSPS) is 11.8. The van der Waals surface area contributed by atoms with Crippen molar-refractivity contribution in [2.75, 3.05) is 5.75 Å². The number of aromatic nitrogens is 1. The highest BCUT2D eigenvalue weighted by Crippen LogP contribution is 2.33. The van der Waals surface area contributed by atoms with Gasteiger partial charge in [-0.3, -0.25) is 4.79 Å². The third-order valence-corrected chi connectivity index (χ3v) is 6.90. The first-order chi connectivity index (χ1) is 14.1. The van der Waals surface area contributed by atoms with Crippen molar-refractivity contribution in [1.29, 1.82) is 0 Å². The molecule has 0 aliphatic rings. The number of aliphatic carboxylic acids is 1. The van der Waals surface area contributed by atoms with Crippen LogP contribution in [0.1, 0.15) is 33.9 Å². The smallest absolute Gasteiger partial charge is 0.416 e. The number of rotatable bonds is 8. The molecule has 0 amide bonds. The second kappa shape index (κ2) is 9.26. The van der Waals surface area contributed by atoms with Gasteiger partial charge in [-0.2, -0.15) is 13.2 Å². The Hall–Kier alpha value is -2.26. The molecule has 0 saturated carbocycles. The van der Waals surface area contributed by atoms with Crippen molar-refractivity contribution >= 4 is 29.1 Å². The molecule has 2 aromatic heterocycles. The maximum atomic E-state index is 12.7. The number of hydrogen-bond acceptors (Lipinski definition) is 5. The van der Waals surface area contributed by atoms with E-state index in [1.807, 2.05) is 19.9 Å². The Balaban J connectivity index is 1.56. The average Bonchev–Trinajstić information content (AvgIpc) is 3.20. The van der Waals surface area contributed by atoms with Gasteiger partial charge in [0.25, 0.3) is 0 Å². The topological polar surface area (TPSA) is 63.3 Å². The summed E-state index contributed by atoms with van der Waals surface area (Å²) < 4.78 is 44.7. The van der Waals surface area contributed by atoms with E-state index in [-0.39, 0.29) is 6.42 Å². The van der Waals surface area contributed by atoms with E-state index in [0.717, 1.165) is 57.0 Å². The maximum absolute atomic E-state index is 12.7. The number of carboxylic acids is 1. The molecule has 0 radical (unpaired) electrons. The van der Waals surface area contributed by atoms with Crippen molar-refractivity contribution in [1.82, 2.24) is 4.98 Å². The second-order valence-electron chi connectivity index (χ2n) is 6.78. The summed E-state index contributed by atoms with van der Waals surface area (Å²) in [7, 11) is 0. The Kier molecular flexibility index (Phi) is 6.92. The minimum absolute atomic E-state index is 0.00893. The van der Waals surface area contributed by atoms with Gasteiger partial charge in [-0.1, -0.05) is 23.9 Å². The summed E-state index contributed by atoms with van der Waals surface area (Å²) in [5, 5.41) is 8.91. The lowest BCUT2D eigenvalue weighted by atomic mass is 10.1. The molecule has 2 heterocycles. The van der Waals surface area contributed by atoms with Crippen LogP contribution in [0.4, 0.5) is 13.2 Å². The number of nitrogens with zero attached hydrogens (tertiary/aromatic N) is 1. The summed E-state index contributed by atoms with van der Waals surface area (Å²) in [6.07, 6.45) is -2.73. The molecular formula is C21H20F3NO3S2. The van der Waals surface area contributed by atoms with Gasteiger partial charge in [0, 0.05) is 16.2 Å². The Morgan fingerprint density at radius 3 is 2.57 bits per heavy atom. The van der Waals surface area contributed by atoms with Gasteiger partial charge in [0.1, 0.15) is 15.9 Å². The summed E-state index contributed by atoms with van der Waals surface area (Å²) in [4.78, 5) is 16.0. The van der Waals surface area contributed by atoms with E-state index in [9.17, 15) is 18.0 Å². The lowest BCUT2D eigenvalue weighted by molar-refractivity contribution is -0.138. The molecule has 0 spiro atoms. The van der Waals surface area contributed by atoms with E-state index in [4.69, 9.17) is 9.52 Å². The number of thiazole rings is 1. The van der Waals surface area contributed by atoms with Crippen molar-refractivity contribution in [2.45, 2.75) is 43.6 Å². The van der Waals surface area contributed by atoms with Crippen molar-refractivity contribution in [2.24, 2.45) is 0 Å². The van der Waals surface area contributed by atoms with Crippen LogP contribution in [0, 0.1) is 13.8 Å². The van der Waals surface area contributed by atoms with Gasteiger partial charge >= 0.3 is 12.1 Å². The summed E-state index contributed by atoms with van der Waals surface area (Å²) in [5.74, 6) is 1.26. The Morgan fingerprint density at radius 2 is 1.93 bits per heavy atom. The molecule has 9 heteroatoms. The van der Waals surface area contributed by atoms with Gasteiger partial charge in [0.05, 0.1) is 17.7 Å². The zero-order valence-corrected chi connectivity index (χ0v) is 18.0. The van der Waals surface area contributed by atoms with Crippen LogP contribution in [0.15, 0.2) is 39.1 Å². The largest absolute Gasteiger partial charge is 0.481 e. The number of aryl methyl sites for hydroxylation is 3. The van der Waals surface area contributed by atoms with Crippen LogP contribution >= 0.6 is 23.1 Å². The van der Waals surface area contributed by atoms with E-state index in [2.05, 4.69) is 4.98 Å². The van der Waals surface area contributed by atoms with E-state index in [0.29, 0.717) is 11.3 Å². The lowest BCUT2D eigenvalue weighted by Crippen LogP contribution is -2.03. The first-order valence-electron chi connectivity index (χ1n) is 9.21. The third-order valence-electron chi connectivity index (χ3n) is 4.52. The average molecular weight is 456 g/mol. The number of carbonyl (C=O) groups is 1. The highest BCUT2D eigenvalue weighted by atomic mass is 32.2. The molecule has 160 valence electrons. The molecule has 0 unspecified atom stereocenters. The molecule has 30 heavy (non-hydrogen) atoms. The van der Waals surface area contributed by atoms with Gasteiger partial charge in [0.2, 0.25) is 0 Å². The van der Waals surface area contributed by atoms with Crippen LogP contribution in [0.25, 0.3) is 11.3 Å². The summed E-state index contributed by atoms with van der Waals surface area (Å²) in [5.41, 5.74) is 1.70. The second-order valence-corrected chi connectivity index (χ2v) is 9.20. The van der Waals surface area contributed by atoms with Gasteiger partial charge < -0.3 is 9.52 Å². The molecule has 1 aromatic carbocycles. The van der Waals surface area contributed by atoms with Gasteiger partial charge in [0.15, 0.2) is 0 Å². The van der Waals surface area contributed by atoms with Gasteiger partial charge in [-0.25, -0.2) is 4.98 Å². The molecule has 0 saturated heterocycles. The molecule has 0 fully saturated rings. The number of halogens is 3. The van der Waals surface area contributed by atoms with Crippen molar-refractivity contribution in [3.63, 3.8) is 0 Å². The predicted molar refractivity (Wildman–Crippen MR) is 111 cm³/mol. The number of benzene rings is 1. The van der Waals surface area contributed by atoms with Crippen LogP contribution < -0.4 is 0 Å². The fourth-order valence-corrected chi connectivity index (χ4v) is 5.15. The molecule has 3 rings (SSSR count). The van der Waals surface area contributed by atoms with Crippen molar-refractivity contribution in [3.8, 4) is 11.3 Å². The number of hydrogen-bond donors (Lipinski definition) is 1. The van der Waals surface area contributed by atoms with Crippen LogP contribution in [0.5, 0.6) is 0 Å². The quantitative estimate of drug-likeness (QED) is 0.315. The first-order valence-corrected chi connectivity index (χ1v) is 11.0. The summed E-state index contributed by atoms with van der Waals surface area (Å²) in [6.45, 7) is 3.66.